The Bertz CT molecular complexity index is 254. The van der Waals surface area contributed by atoms with Gasteiger partial charge in [-0.15, -0.1) is 0 Å². The second-order valence-corrected chi connectivity index (χ2v) is 4.71. The summed E-state index contributed by atoms with van der Waals surface area (Å²) in [5.74, 6) is 0. The summed E-state index contributed by atoms with van der Waals surface area (Å²) >= 11 is 4.69. The molecule has 1 aromatic carbocycles. The molecule has 0 aliphatic rings. The molecular weight excluding hydrogens is 158 g/mol. The zero-order valence-corrected chi connectivity index (χ0v) is 9.72. The molecule has 0 heterocycles. The van der Waals surface area contributed by atoms with Gasteiger partial charge in [-0.1, -0.05) is 0 Å². The van der Waals surface area contributed by atoms with E-state index in [-0.39, 0.29) is 0 Å². The van der Waals surface area contributed by atoms with Gasteiger partial charge in [-0.25, -0.2) is 0 Å². The van der Waals surface area contributed by atoms with Gasteiger partial charge in [0, 0.05) is 0 Å². The van der Waals surface area contributed by atoms with E-state index in [2.05, 4.69) is 72.7 Å². The Morgan fingerprint density at radius 2 is 1.71 bits per heavy atom. The van der Waals surface area contributed by atoms with Crippen molar-refractivity contribution in [1.82, 2.24) is 0 Å². The van der Waals surface area contributed by atoms with Crippen LogP contribution in [0.4, 0.5) is 0 Å². The van der Waals surface area contributed by atoms with Crippen LogP contribution in [-0.2, 0) is 2.76 Å². The molecule has 0 atom stereocenters. The number of rotatable bonds is 5. The zero-order chi connectivity index (χ0) is 10.4. The molecule has 0 radical (unpaired) electrons. The van der Waals surface area contributed by atoms with Crippen LogP contribution < -0.4 is 0 Å². The molecule has 0 fully saturated rings. The average molecular weight is 174 g/mol. The van der Waals surface area contributed by atoms with E-state index in [1.165, 1.54) is 31.2 Å². The molecule has 0 spiro atoms. The van der Waals surface area contributed by atoms with Crippen molar-refractivity contribution in [2.45, 2.75) is 35.4 Å². The van der Waals surface area contributed by atoms with Gasteiger partial charge >= 0.3 is 107 Å². The van der Waals surface area contributed by atoms with Crippen LogP contribution in [0.5, 0.6) is 0 Å². The Morgan fingerprint density at radius 1 is 1.07 bits per heavy atom. The first-order valence-corrected chi connectivity index (χ1v) is 5.72. The molecule has 1 rings (SSSR count). The summed E-state index contributed by atoms with van der Waals surface area (Å²) in [6.07, 6.45) is 5.31. The minimum absolute atomic E-state index is 0.344. The van der Waals surface area contributed by atoms with Gasteiger partial charge in [0.25, 0.3) is 0 Å². The van der Waals surface area contributed by atoms with Crippen LogP contribution in [0.15, 0.2) is 30.3 Å². The topological polar surface area (TPSA) is 0 Å². The van der Waals surface area contributed by atoms with Crippen molar-refractivity contribution in [2.24, 2.45) is 0 Å². The normalized spacial score (nSPS) is 11.8. The number of hydrogen-bond acceptors (Lipinski definition) is 0. The molecule has 14 heavy (non-hydrogen) atoms. The van der Waals surface area contributed by atoms with Gasteiger partial charge in [-0.3, -0.25) is 0 Å². The Hall–Kier alpha value is 0.415. The molecule has 0 aromatic heterocycles. The van der Waals surface area contributed by atoms with Gasteiger partial charge in [-0.2, -0.15) is 0 Å². The predicted molar refractivity (Wildman–Crippen MR) is 63.8 cm³/mol. The van der Waals surface area contributed by atoms with Crippen molar-refractivity contribution in [1.29, 1.82) is 0 Å². The van der Waals surface area contributed by atoms with Crippen molar-refractivity contribution < 1.29 is 0 Å². The molecule has 0 amide bonds. The molecular formula is C12H16Li2. The summed E-state index contributed by atoms with van der Waals surface area (Å²) < 4.78 is 0.344. The van der Waals surface area contributed by atoms with E-state index >= 15 is 0 Å². The van der Waals surface area contributed by atoms with Crippen LogP contribution in [0.3, 0.4) is 0 Å². The molecule has 0 aliphatic carbocycles. The zero-order valence-electron chi connectivity index (χ0n) is 9.72. The first-order valence-electron chi connectivity index (χ1n) is 5.72. The minimum atomic E-state index is 0.344. The van der Waals surface area contributed by atoms with Gasteiger partial charge in [0.2, 0.25) is 0 Å². The molecule has 0 saturated carbocycles. The molecule has 0 N–H and O–H groups in total. The second-order valence-electron chi connectivity index (χ2n) is 4.71. The van der Waals surface area contributed by atoms with Gasteiger partial charge in [-0.05, 0) is 0 Å². The summed E-state index contributed by atoms with van der Waals surface area (Å²) in [4.78, 5) is 0. The van der Waals surface area contributed by atoms with Crippen LogP contribution in [0.25, 0.3) is 0 Å². The monoisotopic (exact) mass is 174 g/mol. The molecule has 0 bridgehead atoms. The van der Waals surface area contributed by atoms with Crippen LogP contribution in [0, 0.1) is 0 Å². The first-order chi connectivity index (χ1) is 6.67. The maximum absolute atomic E-state index is 2.35. The fourth-order valence-electron chi connectivity index (χ4n) is 1.85. The Kier molecular flexibility index (Phi) is 5.44. The second kappa shape index (κ2) is 6.10. The predicted octanol–water partition coefficient (Wildman–Crippen LogP) is 2.76. The molecule has 0 nitrogen and oxygen atoms in total. The quantitative estimate of drug-likeness (QED) is 0.475. The fraction of sp³-hybridized carbons (Fsp3) is 0.500. The summed E-state index contributed by atoms with van der Waals surface area (Å²) in [6, 6.07) is 10.8. The van der Waals surface area contributed by atoms with Crippen LogP contribution >= 0.6 is 0 Å². The molecule has 0 saturated heterocycles. The molecule has 2 heteroatoms. The third kappa shape index (κ3) is 3.88. The summed E-state index contributed by atoms with van der Waals surface area (Å²) in [5.41, 5.74) is 1.47. The Labute approximate surface area is 106 Å². The van der Waals surface area contributed by atoms with Crippen molar-refractivity contribution in [3.05, 3.63) is 35.9 Å². The summed E-state index contributed by atoms with van der Waals surface area (Å²) in [7, 11) is 0. The van der Waals surface area contributed by atoms with E-state index in [0.29, 0.717) is 2.76 Å². The molecule has 0 aliphatic heterocycles. The average Bonchev–Trinajstić information content (AvgIpc) is 2.19. The molecule has 0 unspecified atom stereocenters. The van der Waals surface area contributed by atoms with E-state index in [1.54, 1.807) is 0 Å². The van der Waals surface area contributed by atoms with Gasteiger partial charge in [0.05, 0.1) is 0 Å². The third-order valence-corrected chi connectivity index (χ3v) is 2.96. The van der Waals surface area contributed by atoms with Crippen LogP contribution in [0.1, 0.15) is 38.2 Å². The van der Waals surface area contributed by atoms with Crippen molar-refractivity contribution in [2.75, 3.05) is 0 Å². The van der Waals surface area contributed by atoms with Gasteiger partial charge in [0.15, 0.2) is 0 Å². The Morgan fingerprint density at radius 3 is 2.29 bits per heavy atom. The van der Waals surface area contributed by atoms with Crippen LogP contribution in [-0.4, -0.2) is 35.4 Å². The SMILES string of the molecule is [Li][C]([Li])(CCCCC)c1ccccc1. The summed E-state index contributed by atoms with van der Waals surface area (Å²) in [5, 5.41) is 0. The fourth-order valence-corrected chi connectivity index (χ4v) is 1.85. The molecule has 66 valence electrons. The van der Waals surface area contributed by atoms with Crippen molar-refractivity contribution in [3.63, 3.8) is 0 Å². The Balaban J connectivity index is 2.56. The van der Waals surface area contributed by atoms with E-state index < -0.39 is 0 Å². The summed E-state index contributed by atoms with van der Waals surface area (Å²) in [6.45, 7) is 2.26. The van der Waals surface area contributed by atoms with Crippen LogP contribution in [0.2, 0.25) is 0 Å². The number of benzene rings is 1. The van der Waals surface area contributed by atoms with E-state index in [9.17, 15) is 0 Å². The van der Waals surface area contributed by atoms with Crippen molar-refractivity contribution >= 4 is 35.4 Å². The van der Waals surface area contributed by atoms with Gasteiger partial charge in [0.1, 0.15) is 0 Å². The van der Waals surface area contributed by atoms with E-state index in [0.717, 1.165) is 0 Å². The standard InChI is InChI=1S/C12H16.2Li/c1-2-3-4-6-9-12-10-7-5-8-11-12;;/h5,7-8,10-11H,2-4,6H2,1H3;;. The molecule has 1 aromatic rings. The van der Waals surface area contributed by atoms with E-state index in [1.807, 2.05) is 0 Å². The van der Waals surface area contributed by atoms with E-state index in [4.69, 9.17) is 0 Å². The number of unbranched alkanes of at least 4 members (excludes halogenated alkanes) is 2. The number of hydrogen-bond donors (Lipinski definition) is 0. The van der Waals surface area contributed by atoms with Crippen molar-refractivity contribution in [3.8, 4) is 0 Å². The maximum atomic E-state index is 2.35. The van der Waals surface area contributed by atoms with Gasteiger partial charge < -0.3 is 0 Å². The first kappa shape index (κ1) is 12.5. The third-order valence-electron chi connectivity index (χ3n) is 2.96.